The Bertz CT molecular complexity index is 569. The second-order valence-corrected chi connectivity index (χ2v) is 4.60. The summed E-state index contributed by atoms with van der Waals surface area (Å²) < 4.78 is 4.91. The maximum atomic E-state index is 6.10. The van der Waals surface area contributed by atoms with Gasteiger partial charge in [-0.2, -0.15) is 4.98 Å². The fourth-order valence-electron chi connectivity index (χ4n) is 1.62. The monoisotopic (exact) mass is 281 g/mol. The topological polar surface area (TPSA) is 76.7 Å². The molecule has 0 saturated carbocycles. The average molecular weight is 282 g/mol. The number of hydrogen-bond acceptors (Lipinski definition) is 6. The predicted octanol–water partition coefficient (Wildman–Crippen LogP) is 2.69. The van der Waals surface area contributed by atoms with E-state index in [4.69, 9.17) is 16.1 Å². The summed E-state index contributed by atoms with van der Waals surface area (Å²) in [6, 6.07) is 0. The highest BCUT2D eigenvalue weighted by Crippen LogP contribution is 2.20. The fourth-order valence-corrected chi connectivity index (χ4v) is 1.80. The van der Waals surface area contributed by atoms with Crippen LogP contribution in [0.15, 0.2) is 4.52 Å². The zero-order valence-corrected chi connectivity index (χ0v) is 12.0. The second kappa shape index (κ2) is 5.97. The third kappa shape index (κ3) is 3.41. The maximum Gasteiger partial charge on any atom is 0.223 e. The SMILES string of the molecule is CCCc1nc(Cl)c(C)c(NCc2noc(C)n2)n1. The van der Waals surface area contributed by atoms with Crippen LogP contribution >= 0.6 is 11.6 Å². The molecule has 6 nitrogen and oxygen atoms in total. The van der Waals surface area contributed by atoms with E-state index in [1.54, 1.807) is 6.92 Å². The van der Waals surface area contributed by atoms with Crippen LogP contribution < -0.4 is 5.32 Å². The van der Waals surface area contributed by atoms with Crippen LogP contribution in [0.25, 0.3) is 0 Å². The molecular formula is C12H16ClN5O. The lowest BCUT2D eigenvalue weighted by Crippen LogP contribution is -2.08. The van der Waals surface area contributed by atoms with E-state index in [1.165, 1.54) is 0 Å². The molecule has 0 saturated heterocycles. The van der Waals surface area contributed by atoms with Crippen molar-refractivity contribution in [2.75, 3.05) is 5.32 Å². The quantitative estimate of drug-likeness (QED) is 0.849. The van der Waals surface area contributed by atoms with E-state index in [2.05, 4.69) is 32.3 Å². The molecule has 19 heavy (non-hydrogen) atoms. The molecule has 2 rings (SSSR count). The average Bonchev–Trinajstić information content (AvgIpc) is 2.78. The van der Waals surface area contributed by atoms with E-state index in [1.807, 2.05) is 6.92 Å². The molecule has 0 fully saturated rings. The molecule has 0 aliphatic carbocycles. The molecule has 1 N–H and O–H groups in total. The highest BCUT2D eigenvalue weighted by molar-refractivity contribution is 6.30. The molecule has 2 aromatic heterocycles. The molecule has 0 amide bonds. The van der Waals surface area contributed by atoms with Crippen molar-refractivity contribution in [3.8, 4) is 0 Å². The van der Waals surface area contributed by atoms with Crippen LogP contribution in [-0.4, -0.2) is 20.1 Å². The van der Waals surface area contributed by atoms with Gasteiger partial charge in [0.05, 0.1) is 6.54 Å². The van der Waals surface area contributed by atoms with Crippen LogP contribution in [0.5, 0.6) is 0 Å². The Balaban J connectivity index is 2.14. The number of anilines is 1. The van der Waals surface area contributed by atoms with Crippen molar-refractivity contribution < 1.29 is 4.52 Å². The van der Waals surface area contributed by atoms with Gasteiger partial charge in [-0.1, -0.05) is 23.7 Å². The molecule has 0 bridgehead atoms. The Morgan fingerprint density at radius 2 is 1.95 bits per heavy atom. The Kier molecular flexibility index (Phi) is 4.31. The van der Waals surface area contributed by atoms with Crippen LogP contribution in [0.3, 0.4) is 0 Å². The molecule has 0 radical (unpaired) electrons. The molecule has 0 aromatic carbocycles. The van der Waals surface area contributed by atoms with Gasteiger partial charge in [-0.25, -0.2) is 9.97 Å². The summed E-state index contributed by atoms with van der Waals surface area (Å²) in [5.74, 6) is 2.58. The van der Waals surface area contributed by atoms with Crippen LogP contribution in [0.4, 0.5) is 5.82 Å². The third-order valence-electron chi connectivity index (χ3n) is 2.59. The van der Waals surface area contributed by atoms with Crippen LogP contribution in [-0.2, 0) is 13.0 Å². The minimum absolute atomic E-state index is 0.442. The van der Waals surface area contributed by atoms with Crippen molar-refractivity contribution >= 4 is 17.4 Å². The van der Waals surface area contributed by atoms with Crippen molar-refractivity contribution in [3.63, 3.8) is 0 Å². The summed E-state index contributed by atoms with van der Waals surface area (Å²) in [5.41, 5.74) is 0.821. The van der Waals surface area contributed by atoms with E-state index < -0.39 is 0 Å². The highest BCUT2D eigenvalue weighted by atomic mass is 35.5. The second-order valence-electron chi connectivity index (χ2n) is 4.24. The van der Waals surface area contributed by atoms with Gasteiger partial charge in [0.2, 0.25) is 5.89 Å². The molecule has 0 atom stereocenters. The number of halogens is 1. The summed E-state index contributed by atoms with van der Waals surface area (Å²) in [6.07, 6.45) is 1.78. The van der Waals surface area contributed by atoms with Gasteiger partial charge >= 0.3 is 0 Å². The van der Waals surface area contributed by atoms with Crippen molar-refractivity contribution in [2.45, 2.75) is 40.2 Å². The third-order valence-corrected chi connectivity index (χ3v) is 2.96. The summed E-state index contributed by atoms with van der Waals surface area (Å²) in [6.45, 7) is 6.15. The molecular weight excluding hydrogens is 266 g/mol. The van der Waals surface area contributed by atoms with Crippen molar-refractivity contribution in [3.05, 3.63) is 28.3 Å². The molecule has 0 aliphatic rings. The van der Waals surface area contributed by atoms with Gasteiger partial charge < -0.3 is 9.84 Å². The number of aryl methyl sites for hydroxylation is 2. The van der Waals surface area contributed by atoms with Gasteiger partial charge in [0.15, 0.2) is 5.82 Å². The maximum absolute atomic E-state index is 6.10. The Morgan fingerprint density at radius 3 is 2.58 bits per heavy atom. The normalized spacial score (nSPS) is 10.7. The number of nitrogens with one attached hydrogen (secondary N) is 1. The molecule has 0 unspecified atom stereocenters. The van der Waals surface area contributed by atoms with Crippen LogP contribution in [0, 0.1) is 13.8 Å². The van der Waals surface area contributed by atoms with Crippen molar-refractivity contribution in [1.82, 2.24) is 20.1 Å². The standard InChI is InChI=1S/C12H16ClN5O/c1-4-5-9-16-11(13)7(2)12(17-9)14-6-10-15-8(3)19-18-10/h4-6H2,1-3H3,(H,14,16,17). The molecule has 2 heterocycles. The summed E-state index contributed by atoms with van der Waals surface area (Å²) >= 11 is 6.10. The molecule has 0 spiro atoms. The van der Waals surface area contributed by atoms with E-state index in [-0.39, 0.29) is 0 Å². The van der Waals surface area contributed by atoms with Crippen LogP contribution in [0.2, 0.25) is 5.15 Å². The van der Waals surface area contributed by atoms with E-state index >= 15 is 0 Å². The van der Waals surface area contributed by atoms with Gasteiger partial charge in [0, 0.05) is 18.9 Å². The van der Waals surface area contributed by atoms with Gasteiger partial charge in [-0.15, -0.1) is 0 Å². The van der Waals surface area contributed by atoms with Crippen molar-refractivity contribution in [1.29, 1.82) is 0 Å². The molecule has 102 valence electrons. The summed E-state index contributed by atoms with van der Waals surface area (Å²) in [5, 5.41) is 7.46. The predicted molar refractivity (Wildman–Crippen MR) is 72.1 cm³/mol. The van der Waals surface area contributed by atoms with E-state index in [9.17, 15) is 0 Å². The number of rotatable bonds is 5. The highest BCUT2D eigenvalue weighted by Gasteiger charge is 2.10. The lowest BCUT2D eigenvalue weighted by Gasteiger charge is -2.09. The lowest BCUT2D eigenvalue weighted by molar-refractivity contribution is 0.388. The molecule has 0 aliphatic heterocycles. The van der Waals surface area contributed by atoms with E-state index in [0.717, 1.165) is 24.2 Å². The number of hydrogen-bond donors (Lipinski definition) is 1. The molecule has 7 heteroatoms. The minimum Gasteiger partial charge on any atom is -0.362 e. The Labute approximate surface area is 116 Å². The van der Waals surface area contributed by atoms with Crippen molar-refractivity contribution in [2.24, 2.45) is 0 Å². The Hall–Kier alpha value is -1.69. The first-order valence-corrected chi connectivity index (χ1v) is 6.54. The largest absolute Gasteiger partial charge is 0.362 e. The van der Waals surface area contributed by atoms with Gasteiger partial charge in [0.25, 0.3) is 0 Å². The van der Waals surface area contributed by atoms with Gasteiger partial charge in [0.1, 0.15) is 16.8 Å². The smallest absolute Gasteiger partial charge is 0.223 e. The number of aromatic nitrogens is 4. The van der Waals surface area contributed by atoms with Crippen LogP contribution in [0.1, 0.15) is 36.4 Å². The first kappa shape index (κ1) is 13.7. The fraction of sp³-hybridized carbons (Fsp3) is 0.500. The van der Waals surface area contributed by atoms with Gasteiger partial charge in [-0.3, -0.25) is 0 Å². The minimum atomic E-state index is 0.442. The Morgan fingerprint density at radius 1 is 1.16 bits per heavy atom. The first-order valence-electron chi connectivity index (χ1n) is 6.16. The van der Waals surface area contributed by atoms with Gasteiger partial charge in [-0.05, 0) is 13.3 Å². The number of nitrogens with zero attached hydrogens (tertiary/aromatic N) is 4. The zero-order chi connectivity index (χ0) is 13.8. The lowest BCUT2D eigenvalue weighted by atomic mass is 10.3. The zero-order valence-electron chi connectivity index (χ0n) is 11.2. The summed E-state index contributed by atoms with van der Waals surface area (Å²) in [4.78, 5) is 12.8. The van der Waals surface area contributed by atoms with E-state index in [0.29, 0.717) is 29.2 Å². The summed E-state index contributed by atoms with van der Waals surface area (Å²) in [7, 11) is 0. The molecule has 2 aromatic rings. The first-order chi connectivity index (χ1) is 9.10.